The van der Waals surface area contributed by atoms with E-state index < -0.39 is 5.60 Å². The second-order valence-electron chi connectivity index (χ2n) is 8.81. The van der Waals surface area contributed by atoms with E-state index in [0.29, 0.717) is 0 Å². The van der Waals surface area contributed by atoms with Crippen molar-refractivity contribution >= 4 is 12.1 Å². The largest absolute Gasteiger partial charge is 0.444 e. The molecule has 0 aliphatic carbocycles. The molecule has 7 heteroatoms. The summed E-state index contributed by atoms with van der Waals surface area (Å²) in [6.45, 7) is 15.6. The summed E-state index contributed by atoms with van der Waals surface area (Å²) in [5.74, 6) is 1.87. The van der Waals surface area contributed by atoms with Crippen LogP contribution in [0.15, 0.2) is 4.99 Å². The molecule has 1 amide bonds. The van der Waals surface area contributed by atoms with Gasteiger partial charge < -0.3 is 19.9 Å². The molecule has 0 saturated carbocycles. The molecule has 0 atom stereocenters. The van der Waals surface area contributed by atoms with Gasteiger partial charge in [-0.05, 0) is 52.5 Å². The molecule has 0 aromatic rings. The van der Waals surface area contributed by atoms with Crippen molar-refractivity contribution in [3.8, 4) is 0 Å². The molecule has 0 aromatic carbocycles. The highest BCUT2D eigenvalue weighted by Crippen LogP contribution is 2.16. The average molecular weight is 382 g/mol. The summed E-state index contributed by atoms with van der Waals surface area (Å²) in [5.41, 5.74) is -0.426. The normalized spacial score (nSPS) is 20.7. The monoisotopic (exact) mass is 381 g/mol. The van der Waals surface area contributed by atoms with Crippen LogP contribution in [0.1, 0.15) is 47.0 Å². The van der Waals surface area contributed by atoms with Crippen LogP contribution in [0.25, 0.3) is 0 Å². The third-order valence-corrected chi connectivity index (χ3v) is 5.25. The van der Waals surface area contributed by atoms with Crippen molar-refractivity contribution in [2.45, 2.75) is 52.6 Å². The van der Waals surface area contributed by atoms with Gasteiger partial charge in [0.1, 0.15) is 5.60 Å². The van der Waals surface area contributed by atoms with Crippen LogP contribution < -0.4 is 5.32 Å². The number of carbonyl (C=O) groups excluding carboxylic acids is 1. The number of nitrogens with zero attached hydrogens (tertiary/aromatic N) is 4. The first-order valence-corrected chi connectivity index (χ1v) is 10.4. The Morgan fingerprint density at radius 3 is 2.26 bits per heavy atom. The third kappa shape index (κ3) is 7.56. The van der Waals surface area contributed by atoms with Crippen LogP contribution in [-0.2, 0) is 4.74 Å². The molecule has 2 saturated heterocycles. The van der Waals surface area contributed by atoms with E-state index in [1.807, 2.05) is 32.7 Å². The van der Waals surface area contributed by atoms with Crippen LogP contribution in [0.3, 0.4) is 0 Å². The maximum Gasteiger partial charge on any atom is 0.410 e. The zero-order valence-electron chi connectivity index (χ0n) is 18.0. The quantitative estimate of drug-likeness (QED) is 0.460. The molecule has 27 heavy (non-hydrogen) atoms. The second-order valence-corrected chi connectivity index (χ2v) is 8.81. The maximum atomic E-state index is 12.1. The fourth-order valence-electron chi connectivity index (χ4n) is 3.54. The Hall–Kier alpha value is -1.50. The molecule has 0 spiro atoms. The van der Waals surface area contributed by atoms with Crippen LogP contribution >= 0.6 is 0 Å². The lowest BCUT2D eigenvalue weighted by Crippen LogP contribution is -2.50. The average Bonchev–Trinajstić information content (AvgIpc) is 2.62. The summed E-state index contributed by atoms with van der Waals surface area (Å²) >= 11 is 0. The molecule has 0 unspecified atom stereocenters. The van der Waals surface area contributed by atoms with Gasteiger partial charge in [-0.25, -0.2) is 4.79 Å². The molecule has 156 valence electrons. The molecule has 1 N–H and O–H groups in total. The van der Waals surface area contributed by atoms with Crippen molar-refractivity contribution in [1.82, 2.24) is 20.0 Å². The molecule has 2 fully saturated rings. The number of piperidine rings is 1. The number of hydrogen-bond donors (Lipinski definition) is 1. The van der Waals surface area contributed by atoms with E-state index in [-0.39, 0.29) is 6.09 Å². The molecular formula is C20H39N5O2. The Balaban J connectivity index is 1.61. The van der Waals surface area contributed by atoms with Gasteiger partial charge in [-0.15, -0.1) is 0 Å². The van der Waals surface area contributed by atoms with E-state index in [2.05, 4.69) is 27.0 Å². The van der Waals surface area contributed by atoms with Gasteiger partial charge in [0.15, 0.2) is 5.96 Å². The minimum Gasteiger partial charge on any atom is -0.444 e. The van der Waals surface area contributed by atoms with Gasteiger partial charge in [0.05, 0.1) is 0 Å². The van der Waals surface area contributed by atoms with Crippen molar-refractivity contribution in [2.75, 3.05) is 59.4 Å². The number of hydrogen-bond acceptors (Lipinski definition) is 4. The second kappa shape index (κ2) is 10.2. The predicted molar refractivity (Wildman–Crippen MR) is 110 cm³/mol. The zero-order valence-corrected chi connectivity index (χ0v) is 18.0. The van der Waals surface area contributed by atoms with Crippen molar-refractivity contribution in [2.24, 2.45) is 10.9 Å². The topological polar surface area (TPSA) is 60.4 Å². The first kappa shape index (κ1) is 21.8. The van der Waals surface area contributed by atoms with Crippen LogP contribution in [0, 0.1) is 5.92 Å². The smallest absolute Gasteiger partial charge is 0.410 e. The SMILES string of the molecule is CN=C(NCCCN1CCN(C(=O)OC(C)(C)C)CC1)N1CCC(C)CC1. The Morgan fingerprint density at radius 1 is 1.07 bits per heavy atom. The predicted octanol–water partition coefficient (Wildman–Crippen LogP) is 2.24. The van der Waals surface area contributed by atoms with Crippen molar-refractivity contribution in [1.29, 1.82) is 0 Å². The minimum atomic E-state index is -0.426. The molecule has 0 aromatic heterocycles. The van der Waals surface area contributed by atoms with E-state index in [1.165, 1.54) is 12.8 Å². The van der Waals surface area contributed by atoms with Crippen molar-refractivity contribution in [3.05, 3.63) is 0 Å². The van der Waals surface area contributed by atoms with Gasteiger partial charge in [0, 0.05) is 52.9 Å². The van der Waals surface area contributed by atoms with E-state index in [1.54, 1.807) is 0 Å². The first-order valence-electron chi connectivity index (χ1n) is 10.4. The van der Waals surface area contributed by atoms with E-state index >= 15 is 0 Å². The summed E-state index contributed by atoms with van der Waals surface area (Å²) in [6, 6.07) is 0. The Bertz CT molecular complexity index is 487. The first-order chi connectivity index (χ1) is 12.8. The summed E-state index contributed by atoms with van der Waals surface area (Å²) in [5, 5.41) is 3.51. The summed E-state index contributed by atoms with van der Waals surface area (Å²) in [4.78, 5) is 23.2. The fraction of sp³-hybridized carbons (Fsp3) is 0.900. The lowest BCUT2D eigenvalue weighted by atomic mass is 10.00. The standard InChI is InChI=1S/C20H39N5O2/c1-17-7-11-24(12-8-17)18(21-5)22-9-6-10-23-13-15-25(16-14-23)19(26)27-20(2,3)4/h17H,6-16H2,1-5H3,(H,21,22). The van der Waals surface area contributed by atoms with E-state index in [4.69, 9.17) is 4.74 Å². The van der Waals surface area contributed by atoms with Crippen LogP contribution in [-0.4, -0.2) is 91.8 Å². The number of ether oxygens (including phenoxy) is 1. The highest BCUT2D eigenvalue weighted by atomic mass is 16.6. The molecule has 7 nitrogen and oxygen atoms in total. The van der Waals surface area contributed by atoms with Gasteiger partial charge in [0.25, 0.3) is 0 Å². The molecule has 0 radical (unpaired) electrons. The fourth-order valence-corrected chi connectivity index (χ4v) is 3.54. The number of nitrogens with one attached hydrogen (secondary N) is 1. The number of aliphatic imine (C=N–C) groups is 1. The molecule has 2 rings (SSSR count). The van der Waals surface area contributed by atoms with Gasteiger partial charge in [-0.1, -0.05) is 6.92 Å². The molecule has 2 heterocycles. The van der Waals surface area contributed by atoms with Crippen LogP contribution in [0.4, 0.5) is 4.79 Å². The third-order valence-electron chi connectivity index (χ3n) is 5.25. The number of guanidine groups is 1. The van der Waals surface area contributed by atoms with Crippen molar-refractivity contribution < 1.29 is 9.53 Å². The van der Waals surface area contributed by atoms with Gasteiger partial charge in [-0.2, -0.15) is 0 Å². The summed E-state index contributed by atoms with van der Waals surface area (Å²) in [7, 11) is 1.87. The number of likely N-dealkylation sites (tertiary alicyclic amines) is 1. The van der Waals surface area contributed by atoms with Crippen LogP contribution in [0.5, 0.6) is 0 Å². The van der Waals surface area contributed by atoms with Gasteiger partial charge in [-0.3, -0.25) is 9.89 Å². The number of carbonyl (C=O) groups is 1. The highest BCUT2D eigenvalue weighted by Gasteiger charge is 2.25. The van der Waals surface area contributed by atoms with Gasteiger partial charge in [0.2, 0.25) is 0 Å². The summed E-state index contributed by atoms with van der Waals surface area (Å²) in [6.07, 6.45) is 3.39. The lowest BCUT2D eigenvalue weighted by molar-refractivity contribution is 0.0145. The molecular weight excluding hydrogens is 342 g/mol. The lowest BCUT2D eigenvalue weighted by Gasteiger charge is -2.35. The van der Waals surface area contributed by atoms with Gasteiger partial charge >= 0.3 is 6.09 Å². The maximum absolute atomic E-state index is 12.1. The van der Waals surface area contributed by atoms with E-state index in [0.717, 1.165) is 70.7 Å². The van der Waals surface area contributed by atoms with Crippen molar-refractivity contribution in [3.63, 3.8) is 0 Å². The molecule has 0 bridgehead atoms. The Kier molecular flexibility index (Phi) is 8.20. The number of amides is 1. The van der Waals surface area contributed by atoms with Crippen LogP contribution in [0.2, 0.25) is 0 Å². The number of rotatable bonds is 4. The summed E-state index contributed by atoms with van der Waals surface area (Å²) < 4.78 is 5.45. The highest BCUT2D eigenvalue weighted by molar-refractivity contribution is 5.79. The van der Waals surface area contributed by atoms with E-state index in [9.17, 15) is 4.79 Å². The molecule has 2 aliphatic rings. The minimum absolute atomic E-state index is 0.191. The number of piperazine rings is 1. The zero-order chi connectivity index (χ0) is 19.9. The Labute approximate surface area is 165 Å². The molecule has 2 aliphatic heterocycles. The Morgan fingerprint density at radius 2 is 1.70 bits per heavy atom.